The van der Waals surface area contributed by atoms with E-state index in [-0.39, 0.29) is 12.5 Å². The maximum absolute atomic E-state index is 11.4. The topological polar surface area (TPSA) is 78.1 Å². The van der Waals surface area contributed by atoms with Crippen molar-refractivity contribution in [3.63, 3.8) is 0 Å². The van der Waals surface area contributed by atoms with Crippen LogP contribution in [-0.2, 0) is 25.5 Å². The Bertz CT molecular complexity index is 463. The van der Waals surface area contributed by atoms with Crippen LogP contribution in [-0.4, -0.2) is 30.5 Å². The molecular weight excluding hydrogens is 238 g/mol. The summed E-state index contributed by atoms with van der Waals surface area (Å²) >= 11 is 0. The minimum Gasteiger partial charge on any atom is -0.469 e. The predicted molar refractivity (Wildman–Crippen MR) is 61.0 cm³/mol. The molecule has 0 radical (unpaired) electrons. The Morgan fingerprint density at radius 1 is 1.50 bits per heavy atom. The van der Waals surface area contributed by atoms with E-state index in [2.05, 4.69) is 4.99 Å². The highest BCUT2D eigenvalue weighted by molar-refractivity contribution is 6.09. The van der Waals surface area contributed by atoms with Crippen LogP contribution in [0.15, 0.2) is 27.8 Å². The number of carbonyl (C=O) groups excluding carboxylic acids is 2. The number of aliphatic imine (C=N–C) groups is 1. The summed E-state index contributed by atoms with van der Waals surface area (Å²) in [5, 5.41) is 0. The fraction of sp³-hybridized carbons (Fsp3) is 0.417. The minimum absolute atomic E-state index is 0.208. The molecule has 1 atom stereocenters. The molecule has 6 nitrogen and oxygen atoms in total. The van der Waals surface area contributed by atoms with Gasteiger partial charge < -0.3 is 13.9 Å². The summed E-state index contributed by atoms with van der Waals surface area (Å²) in [5.41, 5.74) is 0. The Labute approximate surface area is 104 Å². The third-order valence-corrected chi connectivity index (χ3v) is 2.39. The zero-order chi connectivity index (χ0) is 13.0. The van der Waals surface area contributed by atoms with E-state index in [0.29, 0.717) is 12.8 Å². The van der Waals surface area contributed by atoms with Crippen LogP contribution in [0.2, 0.25) is 0 Å². The second-order valence-electron chi connectivity index (χ2n) is 3.68. The van der Waals surface area contributed by atoms with Crippen LogP contribution in [0.25, 0.3) is 0 Å². The summed E-state index contributed by atoms with van der Waals surface area (Å²) in [6.45, 7) is 1.87. The predicted octanol–water partition coefficient (Wildman–Crippen LogP) is 1.10. The Morgan fingerprint density at radius 2 is 2.33 bits per heavy atom. The van der Waals surface area contributed by atoms with E-state index in [9.17, 15) is 9.59 Å². The lowest BCUT2D eigenvalue weighted by molar-refractivity contribution is -0.151. The Balaban J connectivity index is 1.92. The summed E-state index contributed by atoms with van der Waals surface area (Å²) in [6, 6.07) is 2.43. The van der Waals surface area contributed by atoms with Crippen molar-refractivity contribution < 1.29 is 23.5 Å². The number of aryl methyl sites for hydroxylation is 1. The van der Waals surface area contributed by atoms with Gasteiger partial charge in [0.25, 0.3) is 0 Å². The number of esters is 2. The number of ether oxygens (including phenoxy) is 2. The number of cyclic esters (lactones) is 1. The molecule has 0 saturated heterocycles. The summed E-state index contributed by atoms with van der Waals surface area (Å²) < 4.78 is 14.8. The number of nitrogens with zero attached hydrogens (tertiary/aromatic N) is 1. The van der Waals surface area contributed by atoms with Crippen LogP contribution in [0.3, 0.4) is 0 Å². The van der Waals surface area contributed by atoms with Crippen molar-refractivity contribution in [3.05, 3.63) is 24.2 Å². The standard InChI is InChI=1S/C12H13NO5/c1-2-16-11(14)10-12(15)18-9(13-10)6-5-8-4-3-7-17-8/h3-4,7,10H,2,5-6H2,1H3. The Kier molecular flexibility index (Phi) is 3.76. The molecule has 0 amide bonds. The maximum Gasteiger partial charge on any atom is 0.349 e. The van der Waals surface area contributed by atoms with Crippen molar-refractivity contribution in [2.45, 2.75) is 25.8 Å². The van der Waals surface area contributed by atoms with Crippen molar-refractivity contribution >= 4 is 17.8 Å². The van der Waals surface area contributed by atoms with Gasteiger partial charge in [0.05, 0.1) is 12.9 Å². The third-order valence-electron chi connectivity index (χ3n) is 2.39. The van der Waals surface area contributed by atoms with Gasteiger partial charge in [-0.05, 0) is 19.1 Å². The lowest BCUT2D eigenvalue weighted by Gasteiger charge is -2.01. The van der Waals surface area contributed by atoms with Crippen LogP contribution >= 0.6 is 0 Å². The number of carbonyl (C=O) groups is 2. The average Bonchev–Trinajstić information content (AvgIpc) is 2.96. The zero-order valence-corrected chi connectivity index (χ0v) is 9.92. The normalized spacial score (nSPS) is 18.4. The molecule has 1 aromatic rings. The van der Waals surface area contributed by atoms with Gasteiger partial charge in [0.1, 0.15) is 5.76 Å². The van der Waals surface area contributed by atoms with Crippen LogP contribution in [0.1, 0.15) is 19.1 Å². The van der Waals surface area contributed by atoms with E-state index in [4.69, 9.17) is 13.9 Å². The molecule has 0 spiro atoms. The fourth-order valence-electron chi connectivity index (χ4n) is 1.57. The molecule has 0 saturated carbocycles. The van der Waals surface area contributed by atoms with Crippen molar-refractivity contribution in [3.8, 4) is 0 Å². The van der Waals surface area contributed by atoms with E-state index >= 15 is 0 Å². The second-order valence-corrected chi connectivity index (χ2v) is 3.68. The maximum atomic E-state index is 11.4. The van der Waals surface area contributed by atoms with E-state index < -0.39 is 18.0 Å². The highest BCUT2D eigenvalue weighted by Gasteiger charge is 2.36. The first-order valence-electron chi connectivity index (χ1n) is 5.68. The van der Waals surface area contributed by atoms with Gasteiger partial charge in [-0.1, -0.05) is 0 Å². The van der Waals surface area contributed by atoms with Crippen LogP contribution in [0.5, 0.6) is 0 Å². The molecule has 0 aliphatic carbocycles. The number of hydrogen-bond donors (Lipinski definition) is 0. The second kappa shape index (κ2) is 5.48. The van der Waals surface area contributed by atoms with Crippen molar-refractivity contribution in [1.82, 2.24) is 0 Å². The molecule has 96 valence electrons. The summed E-state index contributed by atoms with van der Waals surface area (Å²) in [4.78, 5) is 26.7. The largest absolute Gasteiger partial charge is 0.469 e. The van der Waals surface area contributed by atoms with Crippen molar-refractivity contribution in [1.29, 1.82) is 0 Å². The van der Waals surface area contributed by atoms with Crippen molar-refractivity contribution in [2.24, 2.45) is 4.99 Å². The molecule has 0 fully saturated rings. The first kappa shape index (κ1) is 12.3. The molecular formula is C12H13NO5. The van der Waals surface area contributed by atoms with Gasteiger partial charge in [-0.2, -0.15) is 0 Å². The molecule has 1 unspecified atom stereocenters. The van der Waals surface area contributed by atoms with Crippen LogP contribution in [0.4, 0.5) is 0 Å². The Morgan fingerprint density at radius 3 is 3.00 bits per heavy atom. The summed E-state index contributed by atoms with van der Waals surface area (Å²) in [7, 11) is 0. The lowest BCUT2D eigenvalue weighted by Crippen LogP contribution is -2.27. The lowest BCUT2D eigenvalue weighted by atomic mass is 10.2. The van der Waals surface area contributed by atoms with Crippen LogP contribution < -0.4 is 0 Å². The molecule has 0 bridgehead atoms. The van der Waals surface area contributed by atoms with Gasteiger partial charge in [0, 0.05) is 12.8 Å². The van der Waals surface area contributed by atoms with Gasteiger partial charge in [0.2, 0.25) is 6.04 Å². The van der Waals surface area contributed by atoms with Crippen LogP contribution in [0, 0.1) is 0 Å². The van der Waals surface area contributed by atoms with Gasteiger partial charge in [-0.25, -0.2) is 14.6 Å². The summed E-state index contributed by atoms with van der Waals surface area (Å²) in [5.74, 6) is -0.332. The number of hydrogen-bond acceptors (Lipinski definition) is 6. The van der Waals surface area contributed by atoms with Gasteiger partial charge in [-0.15, -0.1) is 0 Å². The molecule has 0 N–H and O–H groups in total. The first-order valence-corrected chi connectivity index (χ1v) is 5.68. The van der Waals surface area contributed by atoms with Gasteiger partial charge >= 0.3 is 11.9 Å². The SMILES string of the molecule is CCOC(=O)C1N=C(CCc2ccco2)OC1=O. The van der Waals surface area contributed by atoms with E-state index in [1.165, 1.54) is 0 Å². The molecule has 18 heavy (non-hydrogen) atoms. The highest BCUT2D eigenvalue weighted by Crippen LogP contribution is 2.13. The molecule has 2 rings (SSSR count). The molecule has 1 aromatic heterocycles. The summed E-state index contributed by atoms with van der Waals surface area (Å²) in [6.07, 6.45) is 2.54. The average molecular weight is 251 g/mol. The van der Waals surface area contributed by atoms with Gasteiger partial charge in [-0.3, -0.25) is 0 Å². The first-order chi connectivity index (χ1) is 8.70. The molecule has 1 aliphatic heterocycles. The Hall–Kier alpha value is -2.11. The molecule has 1 aliphatic rings. The monoisotopic (exact) mass is 251 g/mol. The van der Waals surface area contributed by atoms with E-state index in [1.54, 1.807) is 19.3 Å². The van der Waals surface area contributed by atoms with E-state index in [1.807, 2.05) is 6.07 Å². The quantitative estimate of drug-likeness (QED) is 0.578. The van der Waals surface area contributed by atoms with E-state index in [0.717, 1.165) is 5.76 Å². The molecule has 0 aromatic carbocycles. The van der Waals surface area contributed by atoms with Gasteiger partial charge in [0.15, 0.2) is 5.90 Å². The fourth-order valence-corrected chi connectivity index (χ4v) is 1.57. The number of furan rings is 1. The third kappa shape index (κ3) is 2.77. The minimum atomic E-state index is -1.17. The zero-order valence-electron chi connectivity index (χ0n) is 9.92. The molecule has 2 heterocycles. The highest BCUT2D eigenvalue weighted by atomic mass is 16.6. The molecule has 6 heteroatoms. The van der Waals surface area contributed by atoms with Crippen molar-refractivity contribution in [2.75, 3.05) is 6.61 Å². The smallest absolute Gasteiger partial charge is 0.349 e. The number of rotatable bonds is 5.